The van der Waals surface area contributed by atoms with E-state index in [-0.39, 0.29) is 5.75 Å². The first-order valence-electron chi connectivity index (χ1n) is 5.88. The Hall–Kier alpha value is -1.81. The van der Waals surface area contributed by atoms with Crippen molar-refractivity contribution in [2.24, 2.45) is 0 Å². The fourth-order valence-corrected chi connectivity index (χ4v) is 2.16. The highest BCUT2D eigenvalue weighted by molar-refractivity contribution is 5.81. The maximum atomic E-state index is 9.47. The first-order valence-corrected chi connectivity index (χ1v) is 5.88. The van der Waals surface area contributed by atoms with Crippen molar-refractivity contribution in [1.82, 2.24) is 10.3 Å². The third-order valence-electron chi connectivity index (χ3n) is 3.10. The summed E-state index contributed by atoms with van der Waals surface area (Å²) in [5.41, 5.74) is 0.848. The van der Waals surface area contributed by atoms with E-state index in [2.05, 4.69) is 21.3 Å². The van der Waals surface area contributed by atoms with Crippen molar-refractivity contribution in [2.45, 2.75) is 0 Å². The van der Waals surface area contributed by atoms with E-state index in [1.807, 2.05) is 12.1 Å². The normalized spacial score (nSPS) is 16.4. The molecule has 1 aromatic carbocycles. The summed E-state index contributed by atoms with van der Waals surface area (Å²) in [6.07, 6.45) is 0. The predicted octanol–water partition coefficient (Wildman–Crippen LogP) is 1.35. The van der Waals surface area contributed by atoms with Gasteiger partial charge in [0.1, 0.15) is 11.6 Å². The molecule has 1 aliphatic rings. The van der Waals surface area contributed by atoms with Crippen molar-refractivity contribution in [3.8, 4) is 5.75 Å². The monoisotopic (exact) mass is 229 g/mol. The maximum absolute atomic E-state index is 9.47. The molecule has 4 heteroatoms. The molecule has 1 aliphatic heterocycles. The van der Waals surface area contributed by atoms with E-state index in [4.69, 9.17) is 0 Å². The van der Waals surface area contributed by atoms with Crippen molar-refractivity contribution in [2.75, 3.05) is 31.1 Å². The number of rotatable bonds is 1. The molecule has 0 radical (unpaired) electrons. The second kappa shape index (κ2) is 4.22. The number of anilines is 1. The zero-order chi connectivity index (χ0) is 11.7. The first kappa shape index (κ1) is 10.4. The summed E-state index contributed by atoms with van der Waals surface area (Å²) in [4.78, 5) is 6.86. The topological polar surface area (TPSA) is 48.4 Å². The SMILES string of the molecule is Oc1ccc2ccc(N3CCNCC3)nc2c1. The Balaban J connectivity index is 1.99. The standard InChI is InChI=1S/C13H15N3O/c17-11-3-1-10-2-4-13(15-12(10)9-11)16-7-5-14-6-8-16/h1-4,9,14,17H,5-8H2. The minimum Gasteiger partial charge on any atom is -0.508 e. The highest BCUT2D eigenvalue weighted by Gasteiger charge is 2.11. The second-order valence-electron chi connectivity index (χ2n) is 4.28. The lowest BCUT2D eigenvalue weighted by Gasteiger charge is -2.28. The Bertz CT molecular complexity index is 535. The average molecular weight is 229 g/mol. The van der Waals surface area contributed by atoms with Crippen molar-refractivity contribution in [3.05, 3.63) is 30.3 Å². The van der Waals surface area contributed by atoms with Crippen LogP contribution in [0.4, 0.5) is 5.82 Å². The molecule has 0 aliphatic carbocycles. The van der Waals surface area contributed by atoms with Crippen LogP contribution in [0.1, 0.15) is 0 Å². The van der Waals surface area contributed by atoms with Crippen LogP contribution in [0.2, 0.25) is 0 Å². The van der Waals surface area contributed by atoms with E-state index in [0.717, 1.165) is 42.9 Å². The van der Waals surface area contributed by atoms with Gasteiger partial charge in [0.05, 0.1) is 5.52 Å². The van der Waals surface area contributed by atoms with Crippen LogP contribution in [-0.4, -0.2) is 36.3 Å². The predicted molar refractivity (Wildman–Crippen MR) is 68.5 cm³/mol. The van der Waals surface area contributed by atoms with Gasteiger partial charge in [-0.2, -0.15) is 0 Å². The minimum atomic E-state index is 0.266. The second-order valence-corrected chi connectivity index (χ2v) is 4.28. The summed E-state index contributed by atoms with van der Waals surface area (Å²) in [6, 6.07) is 9.39. The summed E-state index contributed by atoms with van der Waals surface area (Å²) in [5, 5.41) is 13.8. The van der Waals surface area contributed by atoms with Crippen LogP contribution in [0.25, 0.3) is 10.9 Å². The van der Waals surface area contributed by atoms with E-state index in [9.17, 15) is 5.11 Å². The van der Waals surface area contributed by atoms with Gasteiger partial charge in [-0.1, -0.05) is 0 Å². The maximum Gasteiger partial charge on any atom is 0.129 e. The highest BCUT2D eigenvalue weighted by atomic mass is 16.3. The van der Waals surface area contributed by atoms with Gasteiger partial charge >= 0.3 is 0 Å². The molecule has 0 spiro atoms. The quantitative estimate of drug-likeness (QED) is 0.775. The smallest absolute Gasteiger partial charge is 0.129 e. The van der Waals surface area contributed by atoms with Gasteiger partial charge in [-0.05, 0) is 24.3 Å². The number of pyridine rings is 1. The Kier molecular flexibility index (Phi) is 2.57. The third kappa shape index (κ3) is 2.03. The molecule has 3 rings (SSSR count). The molecule has 17 heavy (non-hydrogen) atoms. The lowest BCUT2D eigenvalue weighted by atomic mass is 10.2. The number of fused-ring (bicyclic) bond motifs is 1. The fraction of sp³-hybridized carbons (Fsp3) is 0.308. The van der Waals surface area contributed by atoms with Crippen LogP contribution in [-0.2, 0) is 0 Å². The van der Waals surface area contributed by atoms with Gasteiger partial charge in [-0.15, -0.1) is 0 Å². The third-order valence-corrected chi connectivity index (χ3v) is 3.10. The molecule has 2 heterocycles. The lowest BCUT2D eigenvalue weighted by molar-refractivity contribution is 0.476. The van der Waals surface area contributed by atoms with Crippen LogP contribution in [0.5, 0.6) is 5.75 Å². The van der Waals surface area contributed by atoms with Crippen LogP contribution in [0.15, 0.2) is 30.3 Å². The van der Waals surface area contributed by atoms with E-state index in [0.29, 0.717) is 0 Å². The van der Waals surface area contributed by atoms with Gasteiger partial charge in [0.25, 0.3) is 0 Å². The lowest BCUT2D eigenvalue weighted by Crippen LogP contribution is -2.43. The number of nitrogens with zero attached hydrogens (tertiary/aromatic N) is 2. The van der Waals surface area contributed by atoms with Gasteiger partial charge in [0.15, 0.2) is 0 Å². The molecule has 4 nitrogen and oxygen atoms in total. The van der Waals surface area contributed by atoms with Crippen LogP contribution in [0.3, 0.4) is 0 Å². The number of aromatic nitrogens is 1. The molecule has 0 atom stereocenters. The Morgan fingerprint density at radius 3 is 2.71 bits per heavy atom. The summed E-state index contributed by atoms with van der Waals surface area (Å²) in [5.74, 6) is 1.26. The Morgan fingerprint density at radius 1 is 1.12 bits per heavy atom. The molecule has 1 fully saturated rings. The van der Waals surface area contributed by atoms with E-state index >= 15 is 0 Å². The summed E-state index contributed by atoms with van der Waals surface area (Å²) in [7, 11) is 0. The molecule has 0 saturated carbocycles. The number of hydrogen-bond donors (Lipinski definition) is 2. The molecule has 0 bridgehead atoms. The van der Waals surface area contributed by atoms with Gasteiger partial charge in [-0.3, -0.25) is 0 Å². The molecule has 1 saturated heterocycles. The van der Waals surface area contributed by atoms with Gasteiger partial charge < -0.3 is 15.3 Å². The molecule has 2 N–H and O–H groups in total. The minimum absolute atomic E-state index is 0.266. The number of nitrogens with one attached hydrogen (secondary N) is 1. The number of piperazine rings is 1. The summed E-state index contributed by atoms with van der Waals surface area (Å²) < 4.78 is 0. The number of aromatic hydroxyl groups is 1. The molecule has 0 unspecified atom stereocenters. The first-order chi connectivity index (χ1) is 8.33. The molecule has 88 valence electrons. The van der Waals surface area contributed by atoms with Crippen LogP contribution < -0.4 is 10.2 Å². The Labute approximate surface area is 99.9 Å². The van der Waals surface area contributed by atoms with Crippen molar-refractivity contribution in [1.29, 1.82) is 0 Å². The number of phenolic OH excluding ortho intramolecular Hbond substituents is 1. The average Bonchev–Trinajstić information content (AvgIpc) is 2.39. The van der Waals surface area contributed by atoms with Gasteiger partial charge in [-0.25, -0.2) is 4.98 Å². The molecular formula is C13H15N3O. The zero-order valence-corrected chi connectivity index (χ0v) is 9.56. The Morgan fingerprint density at radius 2 is 1.88 bits per heavy atom. The number of hydrogen-bond acceptors (Lipinski definition) is 4. The van der Waals surface area contributed by atoms with Gasteiger partial charge in [0.2, 0.25) is 0 Å². The van der Waals surface area contributed by atoms with Crippen LogP contribution >= 0.6 is 0 Å². The number of benzene rings is 1. The van der Waals surface area contributed by atoms with E-state index in [1.54, 1.807) is 12.1 Å². The largest absolute Gasteiger partial charge is 0.508 e. The van der Waals surface area contributed by atoms with Crippen LogP contribution in [0, 0.1) is 0 Å². The molecule has 2 aromatic rings. The molecular weight excluding hydrogens is 214 g/mol. The fourth-order valence-electron chi connectivity index (χ4n) is 2.16. The summed E-state index contributed by atoms with van der Waals surface area (Å²) >= 11 is 0. The zero-order valence-electron chi connectivity index (χ0n) is 9.56. The van der Waals surface area contributed by atoms with Gasteiger partial charge in [0, 0.05) is 37.6 Å². The van der Waals surface area contributed by atoms with E-state index in [1.165, 1.54) is 0 Å². The van der Waals surface area contributed by atoms with Crippen molar-refractivity contribution in [3.63, 3.8) is 0 Å². The highest BCUT2D eigenvalue weighted by Crippen LogP contribution is 2.21. The molecule has 1 aromatic heterocycles. The molecule has 0 amide bonds. The summed E-state index contributed by atoms with van der Waals surface area (Å²) in [6.45, 7) is 3.97. The van der Waals surface area contributed by atoms with Crippen molar-refractivity contribution >= 4 is 16.7 Å². The van der Waals surface area contributed by atoms with E-state index < -0.39 is 0 Å². The number of phenols is 1. The van der Waals surface area contributed by atoms with Crippen molar-refractivity contribution < 1.29 is 5.11 Å².